The monoisotopic (exact) mass is 475 g/mol. The number of nitrogens with one attached hydrogen (secondary N) is 2. The minimum Gasteiger partial charge on any atom is -0.307 e. The van der Waals surface area contributed by atoms with Gasteiger partial charge in [0.05, 0.1) is 4.88 Å². The quantitative estimate of drug-likeness (QED) is 0.293. The van der Waals surface area contributed by atoms with Gasteiger partial charge in [0.25, 0.3) is 0 Å². The zero-order chi connectivity index (χ0) is 23.5. The van der Waals surface area contributed by atoms with Gasteiger partial charge < -0.3 is 5.32 Å². The van der Waals surface area contributed by atoms with Crippen LogP contribution in [0.25, 0.3) is 21.0 Å². The maximum absolute atomic E-state index is 13.2. The first kappa shape index (κ1) is 23.2. The first-order valence-corrected chi connectivity index (χ1v) is 12.9. The van der Waals surface area contributed by atoms with Gasteiger partial charge in [-0.2, -0.15) is 0 Å². The largest absolute Gasteiger partial charge is 0.324 e. The maximum atomic E-state index is 13.2. The number of anilines is 2. The van der Waals surface area contributed by atoms with Crippen LogP contribution in [-0.4, -0.2) is 11.0 Å². The standard InChI is InChI=1S/C27H29N3OS2/c1-16(2)20-12-9-13-21(17(3)4)23(20)28-27(31)30-25-24(22-14-15-32-18(22)5)33-26(29-25)19-10-7-6-8-11-19/h6-17H,1-5H3,(H2,28,30,31). The van der Waals surface area contributed by atoms with Gasteiger partial charge in [-0.15, -0.1) is 22.7 Å². The summed E-state index contributed by atoms with van der Waals surface area (Å²) in [5, 5.41) is 9.15. The van der Waals surface area contributed by atoms with Crippen LogP contribution in [0.2, 0.25) is 0 Å². The molecule has 0 saturated carbocycles. The molecule has 0 fully saturated rings. The lowest BCUT2D eigenvalue weighted by molar-refractivity contribution is 0.262. The van der Waals surface area contributed by atoms with E-state index in [1.54, 1.807) is 22.7 Å². The second-order valence-electron chi connectivity index (χ2n) is 8.65. The highest BCUT2D eigenvalue weighted by atomic mass is 32.1. The van der Waals surface area contributed by atoms with Crippen molar-refractivity contribution in [1.82, 2.24) is 4.98 Å². The molecule has 0 aliphatic rings. The Morgan fingerprint density at radius 1 is 0.879 bits per heavy atom. The third-order valence-corrected chi connectivity index (χ3v) is 7.58. The van der Waals surface area contributed by atoms with Gasteiger partial charge >= 0.3 is 6.03 Å². The number of urea groups is 1. The molecule has 0 radical (unpaired) electrons. The van der Waals surface area contributed by atoms with Crippen LogP contribution in [0.3, 0.4) is 0 Å². The van der Waals surface area contributed by atoms with E-state index in [9.17, 15) is 4.79 Å². The number of thiazole rings is 1. The molecule has 0 bridgehead atoms. The SMILES string of the molecule is Cc1sccc1-c1sc(-c2ccccc2)nc1NC(=O)Nc1c(C(C)C)cccc1C(C)C. The van der Waals surface area contributed by atoms with Crippen molar-refractivity contribution in [3.05, 3.63) is 76.0 Å². The third kappa shape index (κ3) is 5.02. The second kappa shape index (κ2) is 9.89. The molecule has 6 heteroatoms. The summed E-state index contributed by atoms with van der Waals surface area (Å²) in [7, 11) is 0. The minimum absolute atomic E-state index is 0.274. The van der Waals surface area contributed by atoms with E-state index >= 15 is 0 Å². The average Bonchev–Trinajstić information content (AvgIpc) is 3.39. The topological polar surface area (TPSA) is 54.0 Å². The molecule has 2 aromatic carbocycles. The summed E-state index contributed by atoms with van der Waals surface area (Å²) in [5.41, 5.74) is 5.31. The van der Waals surface area contributed by atoms with Crippen molar-refractivity contribution in [2.75, 3.05) is 10.6 Å². The molecule has 0 spiro atoms. The highest BCUT2D eigenvalue weighted by Gasteiger charge is 2.20. The van der Waals surface area contributed by atoms with Crippen molar-refractivity contribution in [3.8, 4) is 21.0 Å². The number of amides is 2. The number of hydrogen-bond acceptors (Lipinski definition) is 4. The van der Waals surface area contributed by atoms with E-state index in [1.165, 1.54) is 4.88 Å². The molecule has 0 atom stereocenters. The first-order chi connectivity index (χ1) is 15.8. The number of rotatable bonds is 6. The van der Waals surface area contributed by atoms with E-state index in [1.807, 2.05) is 30.3 Å². The normalized spacial score (nSPS) is 11.2. The summed E-state index contributed by atoms with van der Waals surface area (Å²) >= 11 is 3.30. The molecule has 2 aromatic heterocycles. The van der Waals surface area contributed by atoms with Crippen LogP contribution in [0, 0.1) is 6.92 Å². The maximum Gasteiger partial charge on any atom is 0.324 e. The molecule has 4 aromatic rings. The number of para-hydroxylation sites is 1. The van der Waals surface area contributed by atoms with Gasteiger partial charge in [0, 0.05) is 21.7 Å². The Kier molecular flexibility index (Phi) is 6.96. The fourth-order valence-corrected chi connectivity index (χ4v) is 5.74. The predicted octanol–water partition coefficient (Wildman–Crippen LogP) is 8.74. The van der Waals surface area contributed by atoms with Crippen LogP contribution in [0.5, 0.6) is 0 Å². The summed E-state index contributed by atoms with van der Waals surface area (Å²) in [6.07, 6.45) is 0. The van der Waals surface area contributed by atoms with Crippen molar-refractivity contribution in [3.63, 3.8) is 0 Å². The zero-order valence-electron chi connectivity index (χ0n) is 19.6. The first-order valence-electron chi connectivity index (χ1n) is 11.2. The number of hydrogen-bond donors (Lipinski definition) is 2. The van der Waals surface area contributed by atoms with Crippen LogP contribution < -0.4 is 10.6 Å². The Hall–Kier alpha value is -2.96. The summed E-state index contributed by atoms with van der Waals surface area (Å²) in [4.78, 5) is 20.2. The Balaban J connectivity index is 1.69. The fourth-order valence-electron chi connectivity index (χ4n) is 3.86. The van der Waals surface area contributed by atoms with Gasteiger partial charge in [-0.25, -0.2) is 9.78 Å². The van der Waals surface area contributed by atoms with E-state index in [4.69, 9.17) is 4.98 Å². The van der Waals surface area contributed by atoms with Crippen LogP contribution in [0.15, 0.2) is 60.0 Å². The third-order valence-electron chi connectivity index (χ3n) is 5.59. The van der Waals surface area contributed by atoms with Crippen molar-refractivity contribution in [2.45, 2.75) is 46.5 Å². The highest BCUT2D eigenvalue weighted by molar-refractivity contribution is 7.19. The van der Waals surface area contributed by atoms with Gasteiger partial charge in [0.2, 0.25) is 0 Å². The Morgan fingerprint density at radius 3 is 2.12 bits per heavy atom. The Morgan fingerprint density at radius 2 is 1.55 bits per heavy atom. The van der Waals surface area contributed by atoms with Crippen LogP contribution in [0.1, 0.15) is 55.5 Å². The van der Waals surface area contributed by atoms with E-state index in [2.05, 4.69) is 74.9 Å². The number of aromatic nitrogens is 1. The van der Waals surface area contributed by atoms with E-state index in [0.29, 0.717) is 17.7 Å². The summed E-state index contributed by atoms with van der Waals surface area (Å²) in [6, 6.07) is 18.1. The molecule has 0 saturated heterocycles. The number of carbonyl (C=O) groups excluding carboxylic acids is 1. The lowest BCUT2D eigenvalue weighted by Crippen LogP contribution is -2.22. The molecule has 4 rings (SSSR count). The predicted molar refractivity (Wildman–Crippen MR) is 143 cm³/mol. The van der Waals surface area contributed by atoms with Crippen molar-refractivity contribution >= 4 is 40.2 Å². The molecule has 0 unspecified atom stereocenters. The Labute approximate surface area is 203 Å². The van der Waals surface area contributed by atoms with Gasteiger partial charge in [-0.1, -0.05) is 76.2 Å². The fraction of sp³-hybridized carbons (Fsp3) is 0.259. The van der Waals surface area contributed by atoms with E-state index in [-0.39, 0.29) is 6.03 Å². The van der Waals surface area contributed by atoms with Crippen LogP contribution in [-0.2, 0) is 0 Å². The molecule has 2 N–H and O–H groups in total. The molecular weight excluding hydrogens is 446 g/mol. The molecule has 2 heterocycles. The zero-order valence-corrected chi connectivity index (χ0v) is 21.2. The average molecular weight is 476 g/mol. The molecule has 2 amide bonds. The Bertz CT molecular complexity index is 1230. The van der Waals surface area contributed by atoms with Crippen molar-refractivity contribution < 1.29 is 4.79 Å². The molecule has 0 aliphatic heterocycles. The van der Waals surface area contributed by atoms with Gasteiger partial charge in [0.15, 0.2) is 5.82 Å². The number of benzene rings is 2. The molecule has 4 nitrogen and oxygen atoms in total. The van der Waals surface area contributed by atoms with Gasteiger partial charge in [-0.05, 0) is 41.3 Å². The number of nitrogens with zero attached hydrogens (tertiary/aromatic N) is 1. The smallest absolute Gasteiger partial charge is 0.307 e. The van der Waals surface area contributed by atoms with Gasteiger partial charge in [-0.3, -0.25) is 5.32 Å². The van der Waals surface area contributed by atoms with Crippen molar-refractivity contribution in [2.24, 2.45) is 0 Å². The summed E-state index contributed by atoms with van der Waals surface area (Å²) in [5.74, 6) is 1.19. The molecule has 33 heavy (non-hydrogen) atoms. The van der Waals surface area contributed by atoms with Crippen LogP contribution in [0.4, 0.5) is 16.3 Å². The highest BCUT2D eigenvalue weighted by Crippen LogP contribution is 2.41. The molecule has 170 valence electrons. The lowest BCUT2D eigenvalue weighted by Gasteiger charge is -2.20. The lowest BCUT2D eigenvalue weighted by atomic mass is 9.93. The molecular formula is C27H29N3OS2. The number of thiophene rings is 1. The van der Waals surface area contributed by atoms with E-state index < -0.39 is 0 Å². The number of carbonyl (C=O) groups is 1. The van der Waals surface area contributed by atoms with E-state index in [0.717, 1.165) is 37.8 Å². The summed E-state index contributed by atoms with van der Waals surface area (Å²) < 4.78 is 0. The molecule has 0 aliphatic carbocycles. The number of aryl methyl sites for hydroxylation is 1. The summed E-state index contributed by atoms with van der Waals surface area (Å²) in [6.45, 7) is 10.7. The second-order valence-corrected chi connectivity index (χ2v) is 10.8. The van der Waals surface area contributed by atoms with Crippen molar-refractivity contribution in [1.29, 1.82) is 0 Å². The van der Waals surface area contributed by atoms with Crippen LogP contribution >= 0.6 is 22.7 Å². The minimum atomic E-state index is -0.274. The van der Waals surface area contributed by atoms with Gasteiger partial charge in [0.1, 0.15) is 5.01 Å².